The number of hydrogen-bond acceptors (Lipinski definition) is 5. The third-order valence-electron chi connectivity index (χ3n) is 5.17. The number of aromatic nitrogens is 1. The zero-order valence-electron chi connectivity index (χ0n) is 16.5. The highest BCUT2D eigenvalue weighted by atomic mass is 32.2. The Morgan fingerprint density at radius 3 is 2.62 bits per heavy atom. The average Bonchev–Trinajstić information content (AvgIpc) is 2.73. The Morgan fingerprint density at radius 1 is 1.07 bits per heavy atom. The van der Waals surface area contributed by atoms with Crippen LogP contribution in [-0.4, -0.2) is 44.6 Å². The van der Waals surface area contributed by atoms with Gasteiger partial charge >= 0.3 is 0 Å². The first-order valence-corrected chi connectivity index (χ1v) is 11.2. The minimum atomic E-state index is -3.69. The van der Waals surface area contributed by atoms with Gasteiger partial charge in [-0.05, 0) is 35.7 Å². The first kappa shape index (κ1) is 20.0. The van der Waals surface area contributed by atoms with Gasteiger partial charge in [-0.2, -0.15) is 0 Å². The Hall–Kier alpha value is -2.32. The fourth-order valence-corrected chi connectivity index (χ4v) is 4.78. The molecule has 6 nitrogen and oxygen atoms in total. The molecule has 2 heterocycles. The Balaban J connectivity index is 1.55. The molecule has 152 valence electrons. The number of ether oxygens (including phenoxy) is 1. The van der Waals surface area contributed by atoms with E-state index < -0.39 is 10.0 Å². The summed E-state index contributed by atoms with van der Waals surface area (Å²) in [5, 5.41) is 0.820. The molecule has 0 aliphatic carbocycles. The van der Waals surface area contributed by atoms with Gasteiger partial charge in [-0.15, -0.1) is 0 Å². The van der Waals surface area contributed by atoms with E-state index in [0.717, 1.165) is 54.9 Å². The molecule has 29 heavy (non-hydrogen) atoms. The summed E-state index contributed by atoms with van der Waals surface area (Å²) >= 11 is 0. The maximum absolute atomic E-state index is 13.0. The molecule has 1 saturated heterocycles. The molecule has 0 saturated carbocycles. The van der Waals surface area contributed by atoms with Crippen molar-refractivity contribution in [3.8, 4) is 0 Å². The number of aryl methyl sites for hydroxylation is 1. The molecule has 1 aliphatic heterocycles. The largest absolute Gasteiger partial charge is 0.379 e. The second-order valence-corrected chi connectivity index (χ2v) is 9.06. The van der Waals surface area contributed by atoms with Gasteiger partial charge in [0.25, 0.3) is 0 Å². The van der Waals surface area contributed by atoms with Crippen molar-refractivity contribution in [2.75, 3.05) is 26.3 Å². The molecule has 4 rings (SSSR count). The summed E-state index contributed by atoms with van der Waals surface area (Å²) in [6, 6.07) is 15.1. The molecule has 0 spiro atoms. The number of morpholine rings is 1. The molecule has 0 radical (unpaired) electrons. The highest BCUT2D eigenvalue weighted by Gasteiger charge is 2.19. The van der Waals surface area contributed by atoms with Crippen LogP contribution in [0.2, 0.25) is 0 Å². The zero-order chi connectivity index (χ0) is 20.3. The lowest BCUT2D eigenvalue weighted by Gasteiger charge is -2.27. The predicted octanol–water partition coefficient (Wildman–Crippen LogP) is 2.85. The molecule has 0 bridgehead atoms. The van der Waals surface area contributed by atoms with Crippen molar-refractivity contribution in [2.24, 2.45) is 0 Å². The normalized spacial score (nSPS) is 15.6. The van der Waals surface area contributed by atoms with E-state index in [4.69, 9.17) is 4.74 Å². The van der Waals surface area contributed by atoms with Gasteiger partial charge in [0.05, 0.1) is 18.7 Å². The van der Waals surface area contributed by atoms with Crippen molar-refractivity contribution >= 4 is 20.9 Å². The van der Waals surface area contributed by atoms with Crippen molar-refractivity contribution in [1.29, 1.82) is 0 Å². The van der Waals surface area contributed by atoms with Gasteiger partial charge in [-0.1, -0.05) is 36.4 Å². The lowest BCUT2D eigenvalue weighted by molar-refractivity contribution is 0.0341. The molecule has 0 atom stereocenters. The number of para-hydroxylation sites is 1. The number of sulfonamides is 1. The molecule has 7 heteroatoms. The second kappa shape index (κ2) is 8.59. The Labute approximate surface area is 171 Å². The lowest BCUT2D eigenvalue weighted by Crippen LogP contribution is -2.36. The monoisotopic (exact) mass is 411 g/mol. The number of fused-ring (bicyclic) bond motifs is 1. The fraction of sp³-hybridized carbons (Fsp3) is 0.318. The van der Waals surface area contributed by atoms with Crippen molar-refractivity contribution in [3.63, 3.8) is 0 Å². The van der Waals surface area contributed by atoms with Crippen molar-refractivity contribution in [2.45, 2.75) is 24.9 Å². The standard InChI is InChI=1S/C22H25N3O3S/c1-17-13-18-7-4-8-21(22(18)23-14-17)29(26,27)24-15-19-5-2-3-6-20(19)16-25-9-11-28-12-10-25/h2-8,13-14,24H,9-12,15-16H2,1H3. The first-order chi connectivity index (χ1) is 14.0. The third-order valence-corrected chi connectivity index (χ3v) is 6.60. The van der Waals surface area contributed by atoms with Gasteiger partial charge in [0.1, 0.15) is 4.90 Å². The highest BCUT2D eigenvalue weighted by Crippen LogP contribution is 2.22. The number of hydrogen-bond donors (Lipinski definition) is 1. The summed E-state index contributed by atoms with van der Waals surface area (Å²) in [5.41, 5.74) is 3.60. The third kappa shape index (κ3) is 4.64. The second-order valence-electron chi connectivity index (χ2n) is 7.32. The Kier molecular flexibility index (Phi) is 5.91. The van der Waals surface area contributed by atoms with Crippen LogP contribution < -0.4 is 4.72 Å². The van der Waals surface area contributed by atoms with Crippen LogP contribution in [0.15, 0.2) is 59.6 Å². The molecule has 1 N–H and O–H groups in total. The summed E-state index contributed by atoms with van der Waals surface area (Å²) < 4.78 is 34.2. The summed E-state index contributed by atoms with van der Waals surface area (Å²) in [5.74, 6) is 0. The summed E-state index contributed by atoms with van der Waals surface area (Å²) in [7, 11) is -3.69. The molecule has 1 aliphatic rings. The van der Waals surface area contributed by atoms with Gasteiger partial charge in [0.2, 0.25) is 10.0 Å². The van der Waals surface area contributed by atoms with Crippen molar-refractivity contribution in [1.82, 2.24) is 14.6 Å². The topological polar surface area (TPSA) is 71.5 Å². The maximum Gasteiger partial charge on any atom is 0.243 e. The van der Waals surface area contributed by atoms with Gasteiger partial charge in [0, 0.05) is 37.8 Å². The van der Waals surface area contributed by atoms with Gasteiger partial charge in [-0.25, -0.2) is 13.1 Å². The van der Waals surface area contributed by atoms with Crippen molar-refractivity contribution < 1.29 is 13.2 Å². The van der Waals surface area contributed by atoms with Crippen LogP contribution in [0.1, 0.15) is 16.7 Å². The molecule has 0 amide bonds. The van der Waals surface area contributed by atoms with Crippen molar-refractivity contribution in [3.05, 3.63) is 71.4 Å². The van der Waals surface area contributed by atoms with E-state index in [1.54, 1.807) is 18.3 Å². The van der Waals surface area contributed by atoms with Gasteiger partial charge in [0.15, 0.2) is 0 Å². The molecular weight excluding hydrogens is 386 g/mol. The quantitative estimate of drug-likeness (QED) is 0.675. The van der Waals surface area contributed by atoms with Crippen LogP contribution in [0.5, 0.6) is 0 Å². The summed E-state index contributed by atoms with van der Waals surface area (Å²) in [4.78, 5) is 6.90. The molecule has 1 aromatic heterocycles. The number of rotatable bonds is 6. The smallest absolute Gasteiger partial charge is 0.243 e. The average molecular weight is 412 g/mol. The molecular formula is C22H25N3O3S. The van der Waals surface area contributed by atoms with Gasteiger partial charge < -0.3 is 4.74 Å². The minimum Gasteiger partial charge on any atom is -0.379 e. The molecule has 0 unspecified atom stereocenters. The molecule has 2 aromatic carbocycles. The zero-order valence-corrected chi connectivity index (χ0v) is 17.3. The lowest BCUT2D eigenvalue weighted by atomic mass is 10.1. The predicted molar refractivity (Wildman–Crippen MR) is 113 cm³/mol. The number of nitrogens with zero attached hydrogens (tertiary/aromatic N) is 2. The number of nitrogens with one attached hydrogen (secondary N) is 1. The SMILES string of the molecule is Cc1cnc2c(S(=O)(=O)NCc3ccccc3CN3CCOCC3)cccc2c1. The van der Waals surface area contributed by atoms with Crippen LogP contribution in [-0.2, 0) is 27.8 Å². The van der Waals surface area contributed by atoms with E-state index in [2.05, 4.69) is 20.7 Å². The highest BCUT2D eigenvalue weighted by molar-refractivity contribution is 7.89. The fourth-order valence-electron chi connectivity index (χ4n) is 3.59. The van der Waals surface area contributed by atoms with Gasteiger partial charge in [-0.3, -0.25) is 9.88 Å². The van der Waals surface area contributed by atoms with Crippen LogP contribution in [0.3, 0.4) is 0 Å². The van der Waals surface area contributed by atoms with Crippen LogP contribution in [0.4, 0.5) is 0 Å². The van der Waals surface area contributed by atoms with E-state index in [0.29, 0.717) is 5.52 Å². The van der Waals surface area contributed by atoms with E-state index in [1.807, 2.05) is 37.3 Å². The van der Waals surface area contributed by atoms with E-state index >= 15 is 0 Å². The number of benzene rings is 2. The molecule has 1 fully saturated rings. The van der Waals surface area contributed by atoms with E-state index in [9.17, 15) is 8.42 Å². The first-order valence-electron chi connectivity index (χ1n) is 9.75. The van der Waals surface area contributed by atoms with Crippen LogP contribution in [0, 0.1) is 6.92 Å². The maximum atomic E-state index is 13.0. The summed E-state index contributed by atoms with van der Waals surface area (Å²) in [6.45, 7) is 6.23. The van der Waals surface area contributed by atoms with Crippen LogP contribution in [0.25, 0.3) is 10.9 Å². The summed E-state index contributed by atoms with van der Waals surface area (Å²) in [6.07, 6.45) is 1.69. The minimum absolute atomic E-state index is 0.209. The van der Waals surface area contributed by atoms with E-state index in [1.165, 1.54) is 0 Å². The Morgan fingerprint density at radius 2 is 1.83 bits per heavy atom. The molecule has 3 aromatic rings. The number of pyridine rings is 1. The van der Waals surface area contributed by atoms with Crippen LogP contribution >= 0.6 is 0 Å². The Bertz CT molecular complexity index is 1110. The van der Waals surface area contributed by atoms with E-state index in [-0.39, 0.29) is 11.4 Å².